The van der Waals surface area contributed by atoms with Gasteiger partial charge in [-0.15, -0.1) is 0 Å². The molecule has 362 valence electrons. The van der Waals surface area contributed by atoms with E-state index >= 15 is 0 Å². The van der Waals surface area contributed by atoms with Crippen LogP contribution in [-0.2, 0) is 0 Å². The summed E-state index contributed by atoms with van der Waals surface area (Å²) in [7, 11) is 0. The molecular weight excluding hydrogens is 925 g/mol. The topological polar surface area (TPSA) is 32.8 Å². The third-order valence-corrected chi connectivity index (χ3v) is 15.5. The molecule has 0 bridgehead atoms. The van der Waals surface area contributed by atoms with Gasteiger partial charge in [0.2, 0.25) is 0 Å². The van der Waals surface area contributed by atoms with Crippen molar-refractivity contribution in [1.82, 2.24) is 0 Å². The molecule has 4 heteroatoms. The summed E-state index contributed by atoms with van der Waals surface area (Å²) in [5, 5.41) is 8.74. The number of furan rings is 2. The standard InChI is InChI=1S/C72H52N2O2/c1-45-16-14-17-46(2)69(45)73(58-32-26-51(27-33-58)49-20-8-5-9-21-49)60-36-30-54-40-62-64-44-65-63-41-55-31-37-61(74(70-47(3)18-15-19-48(70)4)59-34-28-52(29-35-59)50-22-10-6-11-23-50)39-57(55)43-67(63)76-72(65)68(53-24-12-7-13-25-53)71(64)75-66(62)42-56(54)38-60/h5-44H,1-4H3. The Hall–Kier alpha value is -9.64. The van der Waals surface area contributed by atoms with E-state index in [0.29, 0.717) is 0 Å². The lowest BCUT2D eigenvalue weighted by molar-refractivity contribution is 0.658. The monoisotopic (exact) mass is 976 g/mol. The summed E-state index contributed by atoms with van der Waals surface area (Å²) < 4.78 is 14.2. The van der Waals surface area contributed by atoms with Crippen LogP contribution in [0.3, 0.4) is 0 Å². The number of fused-ring (bicyclic) bond motifs is 8. The Balaban J connectivity index is 0.904. The lowest BCUT2D eigenvalue weighted by Crippen LogP contribution is -2.12. The predicted octanol–water partition coefficient (Wildman–Crippen LogP) is 21.0. The smallest absolute Gasteiger partial charge is 0.147 e. The van der Waals surface area contributed by atoms with E-state index < -0.39 is 0 Å². The largest absolute Gasteiger partial charge is 0.455 e. The number of benzene rings is 12. The first kappa shape index (κ1) is 45.0. The molecule has 0 amide bonds. The lowest BCUT2D eigenvalue weighted by Gasteiger charge is -2.29. The molecule has 0 atom stereocenters. The van der Waals surface area contributed by atoms with Crippen molar-refractivity contribution in [3.63, 3.8) is 0 Å². The van der Waals surface area contributed by atoms with Crippen LogP contribution >= 0.6 is 0 Å². The molecule has 76 heavy (non-hydrogen) atoms. The molecule has 0 aliphatic carbocycles. The normalized spacial score (nSPS) is 11.7. The molecule has 14 aromatic rings. The van der Waals surface area contributed by atoms with E-state index in [0.717, 1.165) is 99.3 Å². The minimum atomic E-state index is 0.813. The predicted molar refractivity (Wildman–Crippen MR) is 321 cm³/mol. The van der Waals surface area contributed by atoms with Gasteiger partial charge in [-0.25, -0.2) is 0 Å². The molecule has 2 heterocycles. The van der Waals surface area contributed by atoms with Crippen molar-refractivity contribution < 1.29 is 8.83 Å². The van der Waals surface area contributed by atoms with Crippen LogP contribution in [-0.4, -0.2) is 0 Å². The number of nitrogens with zero attached hydrogens (tertiary/aromatic N) is 2. The van der Waals surface area contributed by atoms with Gasteiger partial charge in [-0.2, -0.15) is 0 Å². The Morgan fingerprint density at radius 2 is 0.618 bits per heavy atom. The van der Waals surface area contributed by atoms with Crippen LogP contribution in [0.5, 0.6) is 0 Å². The zero-order valence-electron chi connectivity index (χ0n) is 42.8. The number of hydrogen-bond donors (Lipinski definition) is 0. The second-order valence-corrected chi connectivity index (χ2v) is 20.3. The lowest BCUT2D eigenvalue weighted by atomic mass is 9.97. The molecular formula is C72H52N2O2. The first-order chi connectivity index (χ1) is 37.3. The van der Waals surface area contributed by atoms with Crippen molar-refractivity contribution in [2.75, 3.05) is 9.80 Å². The zero-order chi connectivity index (χ0) is 51.0. The van der Waals surface area contributed by atoms with Gasteiger partial charge in [0.1, 0.15) is 22.3 Å². The third-order valence-electron chi connectivity index (χ3n) is 15.5. The molecule has 0 N–H and O–H groups in total. The minimum Gasteiger partial charge on any atom is -0.455 e. The Bertz CT molecular complexity index is 4220. The summed E-state index contributed by atoms with van der Waals surface area (Å²) in [6.45, 7) is 8.79. The van der Waals surface area contributed by atoms with Gasteiger partial charge in [0.25, 0.3) is 0 Å². The van der Waals surface area contributed by atoms with Gasteiger partial charge < -0.3 is 18.6 Å². The molecule has 4 nitrogen and oxygen atoms in total. The summed E-state index contributed by atoms with van der Waals surface area (Å²) in [5.41, 5.74) is 21.6. The highest BCUT2D eigenvalue weighted by Crippen LogP contribution is 2.48. The van der Waals surface area contributed by atoms with Crippen molar-refractivity contribution in [1.29, 1.82) is 0 Å². The summed E-state index contributed by atoms with van der Waals surface area (Å²) in [5.74, 6) is 0. The highest BCUT2D eigenvalue weighted by molar-refractivity contribution is 6.24. The molecule has 0 saturated heterocycles. The molecule has 0 fully saturated rings. The van der Waals surface area contributed by atoms with Crippen molar-refractivity contribution in [3.05, 3.63) is 265 Å². The van der Waals surface area contributed by atoms with E-state index in [2.05, 4.69) is 280 Å². The second-order valence-electron chi connectivity index (χ2n) is 20.3. The zero-order valence-corrected chi connectivity index (χ0v) is 42.8. The van der Waals surface area contributed by atoms with Crippen LogP contribution in [0.1, 0.15) is 22.3 Å². The van der Waals surface area contributed by atoms with Gasteiger partial charge in [-0.05, 0) is 178 Å². The Labute approximate surface area is 441 Å². The average molecular weight is 977 g/mol. The number of rotatable bonds is 9. The van der Waals surface area contributed by atoms with E-state index in [1.54, 1.807) is 0 Å². The molecule has 2 aromatic heterocycles. The average Bonchev–Trinajstić information content (AvgIpc) is 4.06. The first-order valence-electron chi connectivity index (χ1n) is 26.1. The summed E-state index contributed by atoms with van der Waals surface area (Å²) in [6.07, 6.45) is 0. The Morgan fingerprint density at radius 3 is 1.01 bits per heavy atom. The number of anilines is 6. The molecule has 14 rings (SSSR count). The molecule has 0 spiro atoms. The van der Waals surface area contributed by atoms with Crippen molar-refractivity contribution in [2.24, 2.45) is 0 Å². The molecule has 0 aliphatic heterocycles. The minimum absolute atomic E-state index is 0.813. The fourth-order valence-electron chi connectivity index (χ4n) is 11.7. The Morgan fingerprint density at radius 1 is 0.263 bits per heavy atom. The quantitative estimate of drug-likeness (QED) is 0.144. The van der Waals surface area contributed by atoms with Gasteiger partial charge in [-0.1, -0.05) is 164 Å². The van der Waals surface area contributed by atoms with Crippen molar-refractivity contribution in [2.45, 2.75) is 27.7 Å². The van der Waals surface area contributed by atoms with E-state index in [1.165, 1.54) is 55.9 Å². The van der Waals surface area contributed by atoms with Crippen LogP contribution < -0.4 is 9.80 Å². The van der Waals surface area contributed by atoms with Gasteiger partial charge >= 0.3 is 0 Å². The van der Waals surface area contributed by atoms with Crippen LogP contribution in [0.2, 0.25) is 0 Å². The van der Waals surface area contributed by atoms with E-state index in [-0.39, 0.29) is 0 Å². The third kappa shape index (κ3) is 7.60. The van der Waals surface area contributed by atoms with Gasteiger partial charge in [0, 0.05) is 44.3 Å². The summed E-state index contributed by atoms with van der Waals surface area (Å²) in [4.78, 5) is 4.79. The van der Waals surface area contributed by atoms with E-state index in [1.807, 2.05) is 0 Å². The first-order valence-corrected chi connectivity index (χ1v) is 26.1. The maximum absolute atomic E-state index is 7.09. The summed E-state index contributed by atoms with van der Waals surface area (Å²) in [6, 6.07) is 87.5. The number of hydrogen-bond acceptors (Lipinski definition) is 4. The highest BCUT2D eigenvalue weighted by Gasteiger charge is 2.24. The molecule has 0 saturated carbocycles. The SMILES string of the molecule is Cc1cccc(C)c1N(c1ccc(-c2ccccc2)cc1)c1ccc2cc3c(cc2c1)oc1c(-c2ccccc2)c2oc4cc5cc(N(c6ccc(-c7ccccc7)cc6)c6c(C)cccc6C)ccc5cc4c2cc13. The highest BCUT2D eigenvalue weighted by atomic mass is 16.3. The molecule has 0 unspecified atom stereocenters. The van der Waals surface area contributed by atoms with Crippen LogP contribution in [0, 0.1) is 27.7 Å². The fraction of sp³-hybridized carbons (Fsp3) is 0.0556. The van der Waals surface area contributed by atoms with Gasteiger partial charge in [0.05, 0.1) is 16.9 Å². The second kappa shape index (κ2) is 18.1. The number of para-hydroxylation sites is 2. The number of aryl methyl sites for hydroxylation is 4. The van der Waals surface area contributed by atoms with Gasteiger partial charge in [-0.3, -0.25) is 0 Å². The summed E-state index contributed by atoms with van der Waals surface area (Å²) >= 11 is 0. The fourth-order valence-corrected chi connectivity index (χ4v) is 11.7. The van der Waals surface area contributed by atoms with Crippen molar-refractivity contribution >= 4 is 99.5 Å². The molecule has 12 aromatic carbocycles. The Kier molecular flexibility index (Phi) is 10.7. The molecule has 0 aliphatic rings. The van der Waals surface area contributed by atoms with Gasteiger partial charge in [0.15, 0.2) is 0 Å². The van der Waals surface area contributed by atoms with Crippen LogP contribution in [0.4, 0.5) is 34.1 Å². The van der Waals surface area contributed by atoms with Crippen LogP contribution in [0.25, 0.3) is 98.8 Å². The van der Waals surface area contributed by atoms with Crippen molar-refractivity contribution in [3.8, 4) is 33.4 Å². The van der Waals surface area contributed by atoms with E-state index in [4.69, 9.17) is 8.83 Å². The maximum Gasteiger partial charge on any atom is 0.147 e. The van der Waals surface area contributed by atoms with Crippen LogP contribution in [0.15, 0.2) is 251 Å². The van der Waals surface area contributed by atoms with E-state index in [9.17, 15) is 0 Å². The maximum atomic E-state index is 7.09. The molecule has 0 radical (unpaired) electrons.